The van der Waals surface area contributed by atoms with Crippen LogP contribution in [-0.2, 0) is 10.2 Å². The zero-order valence-electron chi connectivity index (χ0n) is 13.2. The molecule has 2 aliphatic rings. The highest BCUT2D eigenvalue weighted by Gasteiger charge is 2.53. The van der Waals surface area contributed by atoms with Gasteiger partial charge in [0.25, 0.3) is 0 Å². The fourth-order valence-electron chi connectivity index (χ4n) is 3.74. The number of benzene rings is 1. The van der Waals surface area contributed by atoms with E-state index < -0.39 is 0 Å². The highest BCUT2D eigenvalue weighted by molar-refractivity contribution is 5.91. The third-order valence-corrected chi connectivity index (χ3v) is 5.20. The Morgan fingerprint density at radius 3 is 2.70 bits per heavy atom. The highest BCUT2D eigenvalue weighted by Crippen LogP contribution is 2.50. The van der Waals surface area contributed by atoms with Gasteiger partial charge in [-0.3, -0.25) is 14.8 Å². The molecule has 1 saturated carbocycles. The number of carbonyl (C=O) groups is 1. The summed E-state index contributed by atoms with van der Waals surface area (Å²) in [5.74, 6) is 0.616. The zero-order valence-corrected chi connectivity index (χ0v) is 13.2. The van der Waals surface area contributed by atoms with Crippen molar-refractivity contribution in [1.82, 2.24) is 14.9 Å². The maximum atomic E-state index is 13.1. The number of likely N-dealkylation sites (tertiary alicyclic amines) is 1. The molecule has 1 aliphatic carbocycles. The van der Waals surface area contributed by atoms with E-state index in [9.17, 15) is 4.79 Å². The summed E-state index contributed by atoms with van der Waals surface area (Å²) >= 11 is 0. The molecule has 4 rings (SSSR count). The Bertz CT molecular complexity index is 682. The number of piperidine rings is 1. The number of nitrogens with zero attached hydrogens (tertiary/aromatic N) is 3. The van der Waals surface area contributed by atoms with Gasteiger partial charge in [0.05, 0.1) is 11.1 Å². The topological polar surface area (TPSA) is 46.1 Å². The Labute approximate surface area is 136 Å². The van der Waals surface area contributed by atoms with Crippen molar-refractivity contribution in [3.05, 3.63) is 60.2 Å². The molecular weight excluding hydrogens is 286 g/mol. The van der Waals surface area contributed by atoms with Crippen molar-refractivity contribution in [2.24, 2.45) is 0 Å². The largest absolute Gasteiger partial charge is 0.341 e. The number of rotatable bonds is 3. The average molecular weight is 307 g/mol. The first-order chi connectivity index (χ1) is 11.3. The van der Waals surface area contributed by atoms with E-state index in [4.69, 9.17) is 0 Å². The molecule has 118 valence electrons. The van der Waals surface area contributed by atoms with Crippen molar-refractivity contribution >= 4 is 5.91 Å². The van der Waals surface area contributed by atoms with E-state index in [1.807, 2.05) is 24.4 Å². The van der Waals surface area contributed by atoms with Crippen LogP contribution >= 0.6 is 0 Å². The molecule has 1 amide bonds. The minimum atomic E-state index is -0.258. The number of aromatic nitrogens is 2. The van der Waals surface area contributed by atoms with E-state index in [2.05, 4.69) is 27.0 Å². The molecule has 0 bridgehead atoms. The second kappa shape index (κ2) is 5.76. The molecule has 23 heavy (non-hydrogen) atoms. The van der Waals surface area contributed by atoms with Gasteiger partial charge in [-0.25, -0.2) is 0 Å². The van der Waals surface area contributed by atoms with Crippen molar-refractivity contribution in [1.29, 1.82) is 0 Å². The fraction of sp³-hybridized carbons (Fsp3) is 0.421. The molecule has 0 unspecified atom stereocenters. The quantitative estimate of drug-likeness (QED) is 0.876. The summed E-state index contributed by atoms with van der Waals surface area (Å²) in [7, 11) is 0. The van der Waals surface area contributed by atoms with Gasteiger partial charge >= 0.3 is 0 Å². The maximum absolute atomic E-state index is 13.1. The van der Waals surface area contributed by atoms with Crippen LogP contribution in [0.15, 0.2) is 48.9 Å². The molecule has 2 fully saturated rings. The minimum Gasteiger partial charge on any atom is -0.341 e. The normalized spacial score (nSPS) is 22.6. The molecule has 1 aromatic carbocycles. The van der Waals surface area contributed by atoms with E-state index >= 15 is 0 Å². The van der Waals surface area contributed by atoms with E-state index in [1.54, 1.807) is 12.4 Å². The lowest BCUT2D eigenvalue weighted by Crippen LogP contribution is -2.44. The van der Waals surface area contributed by atoms with Gasteiger partial charge in [0, 0.05) is 37.6 Å². The van der Waals surface area contributed by atoms with Crippen molar-refractivity contribution < 1.29 is 4.79 Å². The lowest BCUT2D eigenvalue weighted by Gasteiger charge is -2.35. The lowest BCUT2D eigenvalue weighted by atomic mass is 9.90. The van der Waals surface area contributed by atoms with Gasteiger partial charge in [-0.2, -0.15) is 0 Å². The predicted molar refractivity (Wildman–Crippen MR) is 87.9 cm³/mol. The summed E-state index contributed by atoms with van der Waals surface area (Å²) < 4.78 is 0. The average Bonchev–Trinajstić information content (AvgIpc) is 3.45. The van der Waals surface area contributed by atoms with Crippen LogP contribution in [0, 0.1) is 0 Å². The number of carbonyl (C=O) groups excluding carboxylic acids is 1. The third-order valence-electron chi connectivity index (χ3n) is 5.20. The smallest absolute Gasteiger partial charge is 0.233 e. The Morgan fingerprint density at radius 1 is 1.17 bits per heavy atom. The molecule has 1 saturated heterocycles. The summed E-state index contributed by atoms with van der Waals surface area (Å²) in [5.41, 5.74) is 1.92. The predicted octanol–water partition coefficient (Wildman–Crippen LogP) is 2.91. The van der Waals surface area contributed by atoms with Crippen molar-refractivity contribution in [3.63, 3.8) is 0 Å². The molecule has 2 aromatic rings. The lowest BCUT2D eigenvalue weighted by molar-refractivity contribution is -0.135. The minimum absolute atomic E-state index is 0.258. The van der Waals surface area contributed by atoms with Gasteiger partial charge in [-0.15, -0.1) is 0 Å². The standard InChI is InChI=1S/C19H21N3O/c23-18(19(8-9-19)16-6-2-1-3-7-16)22-12-4-5-15(14-22)17-13-20-10-11-21-17/h1-3,6-7,10-11,13,15H,4-5,8-9,12,14H2/t15-/m0/s1. The van der Waals surface area contributed by atoms with Crippen LogP contribution in [0.5, 0.6) is 0 Å². The number of hydrogen-bond acceptors (Lipinski definition) is 3. The first-order valence-electron chi connectivity index (χ1n) is 8.40. The Morgan fingerprint density at radius 2 is 2.00 bits per heavy atom. The maximum Gasteiger partial charge on any atom is 0.233 e. The molecular formula is C19H21N3O. The summed E-state index contributed by atoms with van der Waals surface area (Å²) in [6, 6.07) is 10.3. The Kier molecular flexibility index (Phi) is 3.60. The van der Waals surface area contributed by atoms with Gasteiger partial charge < -0.3 is 4.90 Å². The first kappa shape index (κ1) is 14.4. The monoisotopic (exact) mass is 307 g/mol. The molecule has 0 N–H and O–H groups in total. The third kappa shape index (κ3) is 2.62. The van der Waals surface area contributed by atoms with E-state index in [1.165, 1.54) is 5.56 Å². The van der Waals surface area contributed by atoms with E-state index in [0.717, 1.165) is 44.5 Å². The molecule has 0 radical (unpaired) electrons. The van der Waals surface area contributed by atoms with Crippen molar-refractivity contribution in [2.75, 3.05) is 13.1 Å². The molecule has 4 nitrogen and oxygen atoms in total. The number of hydrogen-bond donors (Lipinski definition) is 0. The molecule has 1 atom stereocenters. The zero-order chi connectivity index (χ0) is 15.7. The molecule has 4 heteroatoms. The van der Waals surface area contributed by atoms with Gasteiger partial charge in [-0.1, -0.05) is 30.3 Å². The van der Waals surface area contributed by atoms with Crippen molar-refractivity contribution in [3.8, 4) is 0 Å². The molecule has 0 spiro atoms. The molecule has 1 aliphatic heterocycles. The Hall–Kier alpha value is -2.23. The first-order valence-corrected chi connectivity index (χ1v) is 8.40. The van der Waals surface area contributed by atoms with Crippen LogP contribution in [0.2, 0.25) is 0 Å². The summed E-state index contributed by atoms with van der Waals surface area (Å²) in [4.78, 5) is 23.8. The van der Waals surface area contributed by atoms with Gasteiger partial charge in [-0.05, 0) is 31.2 Å². The SMILES string of the molecule is O=C(N1CCC[C@H](c2cnccn2)C1)C1(c2ccccc2)CC1. The van der Waals surface area contributed by atoms with Crippen LogP contribution in [0.3, 0.4) is 0 Å². The van der Waals surface area contributed by atoms with Crippen molar-refractivity contribution in [2.45, 2.75) is 37.0 Å². The Balaban J connectivity index is 1.53. The summed E-state index contributed by atoms with van der Waals surface area (Å²) in [6.07, 6.45) is 9.35. The van der Waals surface area contributed by atoms with Crippen LogP contribution in [0.25, 0.3) is 0 Å². The van der Waals surface area contributed by atoms with E-state index in [0.29, 0.717) is 11.8 Å². The van der Waals surface area contributed by atoms with Crippen LogP contribution in [0.1, 0.15) is 42.9 Å². The van der Waals surface area contributed by atoms with Crippen LogP contribution in [0.4, 0.5) is 0 Å². The summed E-state index contributed by atoms with van der Waals surface area (Å²) in [5, 5.41) is 0. The van der Waals surface area contributed by atoms with Gasteiger partial charge in [0.15, 0.2) is 0 Å². The summed E-state index contributed by atoms with van der Waals surface area (Å²) in [6.45, 7) is 1.64. The van der Waals surface area contributed by atoms with Gasteiger partial charge in [0.1, 0.15) is 0 Å². The number of amides is 1. The van der Waals surface area contributed by atoms with Gasteiger partial charge in [0.2, 0.25) is 5.91 Å². The fourth-order valence-corrected chi connectivity index (χ4v) is 3.74. The molecule has 2 heterocycles. The highest BCUT2D eigenvalue weighted by atomic mass is 16.2. The molecule has 1 aromatic heterocycles. The van der Waals surface area contributed by atoms with Crippen LogP contribution in [-0.4, -0.2) is 33.9 Å². The second-order valence-electron chi connectivity index (χ2n) is 6.67. The second-order valence-corrected chi connectivity index (χ2v) is 6.67. The van der Waals surface area contributed by atoms with E-state index in [-0.39, 0.29) is 5.41 Å². The van der Waals surface area contributed by atoms with Crippen LogP contribution < -0.4 is 0 Å².